The maximum absolute atomic E-state index is 11.7. The zero-order valence-electron chi connectivity index (χ0n) is 10.2. The van der Waals surface area contributed by atoms with Crippen molar-refractivity contribution in [2.45, 2.75) is 0 Å². The quantitative estimate of drug-likeness (QED) is 0.799. The van der Waals surface area contributed by atoms with Crippen molar-refractivity contribution >= 4 is 5.91 Å². The minimum atomic E-state index is -0.422. The van der Waals surface area contributed by atoms with Gasteiger partial charge in [0.1, 0.15) is 18.1 Å². The molecule has 2 aromatic rings. The molecular formula is C14H14N2O3. The van der Waals surface area contributed by atoms with Gasteiger partial charge in [-0.2, -0.15) is 0 Å². The molecule has 0 fully saturated rings. The number of pyridine rings is 1. The van der Waals surface area contributed by atoms with Crippen LogP contribution in [0.2, 0.25) is 0 Å². The van der Waals surface area contributed by atoms with Crippen LogP contribution in [0.25, 0.3) is 0 Å². The van der Waals surface area contributed by atoms with E-state index in [0.717, 1.165) is 5.75 Å². The fourth-order valence-corrected chi connectivity index (χ4v) is 1.51. The molecule has 0 aliphatic rings. The van der Waals surface area contributed by atoms with Gasteiger partial charge in [-0.25, -0.2) is 4.98 Å². The third-order valence-corrected chi connectivity index (χ3v) is 2.40. The minimum absolute atomic E-state index is 0.0159. The monoisotopic (exact) mass is 258 g/mol. The van der Waals surface area contributed by atoms with Gasteiger partial charge in [0.05, 0.1) is 6.54 Å². The van der Waals surface area contributed by atoms with E-state index >= 15 is 0 Å². The maximum Gasteiger partial charge on any atom is 0.273 e. The summed E-state index contributed by atoms with van der Waals surface area (Å²) in [6, 6.07) is 12.3. The number of aromatic hydroxyl groups is 1. The molecule has 0 saturated carbocycles. The average molecular weight is 258 g/mol. The summed E-state index contributed by atoms with van der Waals surface area (Å²) < 4.78 is 5.42. The van der Waals surface area contributed by atoms with Crippen LogP contribution in [0.1, 0.15) is 10.5 Å². The minimum Gasteiger partial charge on any atom is -0.505 e. The second kappa shape index (κ2) is 6.39. The summed E-state index contributed by atoms with van der Waals surface area (Å²) in [7, 11) is 0. The van der Waals surface area contributed by atoms with Crippen molar-refractivity contribution in [3.05, 3.63) is 54.4 Å². The highest BCUT2D eigenvalue weighted by atomic mass is 16.5. The number of hydrogen-bond acceptors (Lipinski definition) is 4. The second-order valence-electron chi connectivity index (χ2n) is 3.79. The van der Waals surface area contributed by atoms with Gasteiger partial charge in [0, 0.05) is 6.20 Å². The summed E-state index contributed by atoms with van der Waals surface area (Å²) in [4.78, 5) is 15.5. The van der Waals surface area contributed by atoms with Gasteiger partial charge in [0.2, 0.25) is 0 Å². The van der Waals surface area contributed by atoms with Gasteiger partial charge in [0.25, 0.3) is 5.91 Å². The molecule has 19 heavy (non-hydrogen) atoms. The molecule has 0 bridgehead atoms. The van der Waals surface area contributed by atoms with E-state index in [9.17, 15) is 9.90 Å². The second-order valence-corrected chi connectivity index (χ2v) is 3.79. The average Bonchev–Trinajstić information content (AvgIpc) is 2.45. The predicted octanol–water partition coefficient (Wildman–Crippen LogP) is 1.60. The predicted molar refractivity (Wildman–Crippen MR) is 70.2 cm³/mol. The van der Waals surface area contributed by atoms with Crippen molar-refractivity contribution in [3.8, 4) is 11.5 Å². The fraction of sp³-hybridized carbons (Fsp3) is 0.143. The van der Waals surface area contributed by atoms with E-state index < -0.39 is 5.91 Å². The highest BCUT2D eigenvalue weighted by molar-refractivity contribution is 5.94. The van der Waals surface area contributed by atoms with Gasteiger partial charge >= 0.3 is 0 Å². The molecule has 0 saturated heterocycles. The summed E-state index contributed by atoms with van der Waals surface area (Å²) in [5.41, 5.74) is 0.0159. The van der Waals surface area contributed by atoms with E-state index in [1.54, 1.807) is 6.07 Å². The first-order chi connectivity index (χ1) is 9.27. The van der Waals surface area contributed by atoms with Crippen LogP contribution in [-0.2, 0) is 0 Å². The first-order valence-electron chi connectivity index (χ1n) is 5.87. The lowest BCUT2D eigenvalue weighted by Gasteiger charge is -2.07. The first-order valence-corrected chi connectivity index (χ1v) is 5.87. The number of nitrogens with one attached hydrogen (secondary N) is 1. The summed E-state index contributed by atoms with van der Waals surface area (Å²) in [6.07, 6.45) is 1.45. The van der Waals surface area contributed by atoms with Crippen molar-refractivity contribution in [1.82, 2.24) is 10.3 Å². The summed E-state index contributed by atoms with van der Waals surface area (Å²) in [5.74, 6) is 0.191. The molecule has 98 valence electrons. The van der Waals surface area contributed by atoms with E-state index in [1.807, 2.05) is 30.3 Å². The van der Waals surface area contributed by atoms with Crippen LogP contribution < -0.4 is 10.1 Å². The molecule has 1 aromatic heterocycles. The Morgan fingerprint density at radius 2 is 2.00 bits per heavy atom. The largest absolute Gasteiger partial charge is 0.505 e. The van der Waals surface area contributed by atoms with E-state index in [-0.39, 0.29) is 11.4 Å². The number of para-hydroxylation sites is 1. The Morgan fingerprint density at radius 3 is 2.74 bits per heavy atom. The fourth-order valence-electron chi connectivity index (χ4n) is 1.51. The topological polar surface area (TPSA) is 71.5 Å². The van der Waals surface area contributed by atoms with Gasteiger partial charge in [-0.3, -0.25) is 4.79 Å². The number of benzene rings is 1. The molecule has 0 spiro atoms. The van der Waals surface area contributed by atoms with Gasteiger partial charge in [-0.05, 0) is 24.3 Å². The lowest BCUT2D eigenvalue weighted by molar-refractivity contribution is 0.0939. The van der Waals surface area contributed by atoms with Crippen LogP contribution in [0, 0.1) is 0 Å². The number of nitrogens with zero attached hydrogens (tertiary/aromatic N) is 1. The molecule has 0 aliphatic heterocycles. The SMILES string of the molecule is O=C(NCCOc1ccccc1)c1ncccc1O. The normalized spacial score (nSPS) is 9.89. The lowest BCUT2D eigenvalue weighted by atomic mass is 10.3. The standard InChI is InChI=1S/C14H14N2O3/c17-12-7-4-8-15-13(12)14(18)16-9-10-19-11-5-2-1-3-6-11/h1-8,17H,9-10H2,(H,16,18). The Bertz CT molecular complexity index is 543. The van der Waals surface area contributed by atoms with E-state index in [0.29, 0.717) is 13.2 Å². The Balaban J connectivity index is 1.77. The van der Waals surface area contributed by atoms with Crippen LogP contribution in [-0.4, -0.2) is 29.1 Å². The third kappa shape index (κ3) is 3.70. The molecule has 0 unspecified atom stereocenters. The molecule has 1 heterocycles. The van der Waals surface area contributed by atoms with Crippen LogP contribution in [0.5, 0.6) is 11.5 Å². The molecule has 1 aromatic carbocycles. The number of rotatable bonds is 5. The molecule has 0 aliphatic carbocycles. The Labute approximate surface area is 110 Å². The van der Waals surface area contributed by atoms with Gasteiger partial charge in [-0.15, -0.1) is 0 Å². The highest BCUT2D eigenvalue weighted by Gasteiger charge is 2.10. The van der Waals surface area contributed by atoms with Crippen LogP contribution in [0.15, 0.2) is 48.7 Å². The zero-order valence-corrected chi connectivity index (χ0v) is 10.2. The smallest absolute Gasteiger partial charge is 0.273 e. The molecule has 5 nitrogen and oxygen atoms in total. The number of ether oxygens (including phenoxy) is 1. The van der Waals surface area contributed by atoms with Gasteiger partial charge in [0.15, 0.2) is 5.69 Å². The summed E-state index contributed by atoms with van der Waals surface area (Å²) in [6.45, 7) is 0.688. The van der Waals surface area contributed by atoms with Crippen molar-refractivity contribution in [1.29, 1.82) is 0 Å². The molecule has 5 heteroatoms. The molecule has 0 atom stereocenters. The Morgan fingerprint density at radius 1 is 1.21 bits per heavy atom. The first kappa shape index (κ1) is 12.9. The summed E-state index contributed by atoms with van der Waals surface area (Å²) in [5, 5.41) is 12.1. The molecule has 2 rings (SSSR count). The van der Waals surface area contributed by atoms with Crippen molar-refractivity contribution in [3.63, 3.8) is 0 Å². The molecule has 1 amide bonds. The van der Waals surface area contributed by atoms with Crippen molar-refractivity contribution in [2.24, 2.45) is 0 Å². The van der Waals surface area contributed by atoms with Gasteiger partial charge in [-0.1, -0.05) is 18.2 Å². The molecule has 2 N–H and O–H groups in total. The van der Waals surface area contributed by atoms with E-state index in [2.05, 4.69) is 10.3 Å². The van der Waals surface area contributed by atoms with Crippen LogP contribution in [0.4, 0.5) is 0 Å². The highest BCUT2D eigenvalue weighted by Crippen LogP contribution is 2.11. The number of amides is 1. The van der Waals surface area contributed by atoms with Crippen molar-refractivity contribution in [2.75, 3.05) is 13.2 Å². The number of hydrogen-bond donors (Lipinski definition) is 2. The van der Waals surface area contributed by atoms with Crippen LogP contribution in [0.3, 0.4) is 0 Å². The molecule has 0 radical (unpaired) electrons. The Kier molecular flexibility index (Phi) is 4.34. The molecular weight excluding hydrogens is 244 g/mol. The third-order valence-electron chi connectivity index (χ3n) is 2.40. The lowest BCUT2D eigenvalue weighted by Crippen LogP contribution is -2.28. The Hall–Kier alpha value is -2.56. The summed E-state index contributed by atoms with van der Waals surface area (Å²) >= 11 is 0. The number of aromatic nitrogens is 1. The number of carbonyl (C=O) groups is 1. The van der Waals surface area contributed by atoms with Crippen LogP contribution >= 0.6 is 0 Å². The van der Waals surface area contributed by atoms with Gasteiger partial charge < -0.3 is 15.2 Å². The maximum atomic E-state index is 11.7. The zero-order chi connectivity index (χ0) is 13.5. The number of carbonyl (C=O) groups excluding carboxylic acids is 1. The van der Waals surface area contributed by atoms with E-state index in [1.165, 1.54) is 12.3 Å². The van der Waals surface area contributed by atoms with Crippen molar-refractivity contribution < 1.29 is 14.6 Å². The van der Waals surface area contributed by atoms with E-state index in [4.69, 9.17) is 4.74 Å².